The predicted octanol–water partition coefficient (Wildman–Crippen LogP) is 3.20. The van der Waals surface area contributed by atoms with Crippen molar-refractivity contribution in [3.8, 4) is 0 Å². The first kappa shape index (κ1) is 21.1. The molecule has 0 bridgehead atoms. The fourth-order valence-corrected chi connectivity index (χ4v) is 4.42. The molecule has 0 radical (unpaired) electrons. The number of nitrogens with zero attached hydrogens (tertiary/aromatic N) is 1. The van der Waals surface area contributed by atoms with E-state index < -0.39 is 17.9 Å². The molecule has 3 N–H and O–H groups in total. The van der Waals surface area contributed by atoms with Gasteiger partial charge in [0, 0.05) is 45.4 Å². The summed E-state index contributed by atoms with van der Waals surface area (Å²) in [6, 6.07) is 12.3. The van der Waals surface area contributed by atoms with Gasteiger partial charge in [-0.05, 0) is 50.1 Å². The van der Waals surface area contributed by atoms with Gasteiger partial charge in [-0.2, -0.15) is 0 Å². The number of benzene rings is 2. The van der Waals surface area contributed by atoms with Crippen molar-refractivity contribution in [1.29, 1.82) is 0 Å². The highest BCUT2D eigenvalue weighted by Crippen LogP contribution is 2.37. The molecular formula is C23H23BrN4O3. The number of hydrogen-bond donors (Lipinski definition) is 3. The number of hydrogen-bond acceptors (Lipinski definition) is 3. The van der Waals surface area contributed by atoms with Gasteiger partial charge in [0.1, 0.15) is 6.04 Å². The van der Waals surface area contributed by atoms with Crippen LogP contribution in [0.4, 0.5) is 5.69 Å². The third-order valence-electron chi connectivity index (χ3n) is 5.48. The lowest BCUT2D eigenvalue weighted by Gasteiger charge is -2.17. The highest BCUT2D eigenvalue weighted by molar-refractivity contribution is 9.10. The van der Waals surface area contributed by atoms with Gasteiger partial charge in [-0.25, -0.2) is 0 Å². The summed E-state index contributed by atoms with van der Waals surface area (Å²) < 4.78 is 0.799. The summed E-state index contributed by atoms with van der Waals surface area (Å²) in [5.41, 5.74) is 3.51. The maximum Gasteiger partial charge on any atom is 0.310 e. The topological polar surface area (TPSA) is 94.3 Å². The first-order chi connectivity index (χ1) is 14.9. The maximum atomic E-state index is 12.8. The van der Waals surface area contributed by atoms with Crippen molar-refractivity contribution >= 4 is 50.2 Å². The number of carbonyl (C=O) groups excluding carboxylic acids is 3. The van der Waals surface area contributed by atoms with Crippen LogP contribution >= 0.6 is 15.9 Å². The number of carbonyl (C=O) groups is 3. The van der Waals surface area contributed by atoms with E-state index in [0.717, 1.165) is 26.6 Å². The Morgan fingerprint density at radius 1 is 1.19 bits per heavy atom. The lowest BCUT2D eigenvalue weighted by Crippen LogP contribution is -2.47. The highest BCUT2D eigenvalue weighted by Gasteiger charge is 2.38. The molecule has 8 heteroatoms. The van der Waals surface area contributed by atoms with Gasteiger partial charge in [-0.3, -0.25) is 14.4 Å². The lowest BCUT2D eigenvalue weighted by atomic mass is 10.1. The number of fused-ring (bicyclic) bond motifs is 2. The summed E-state index contributed by atoms with van der Waals surface area (Å²) in [5.74, 6) is -1.83. The SMILES string of the molecule is CCN1C(=O)[C@H](NC(=O)C(=O)N[C@@H](C)Cc2c[nH]c3ccccc23)c2cc(Br)ccc21. The van der Waals surface area contributed by atoms with Crippen LogP contribution in [0.2, 0.25) is 0 Å². The second-order valence-corrected chi connectivity index (χ2v) is 8.55. The number of nitrogens with one attached hydrogen (secondary N) is 3. The zero-order valence-corrected chi connectivity index (χ0v) is 18.8. The van der Waals surface area contributed by atoms with Crippen LogP contribution in [0.1, 0.15) is 31.0 Å². The van der Waals surface area contributed by atoms with Crippen molar-refractivity contribution in [3.63, 3.8) is 0 Å². The molecule has 0 saturated heterocycles. The number of anilines is 1. The van der Waals surface area contributed by atoms with Crippen molar-refractivity contribution in [2.24, 2.45) is 0 Å². The molecule has 0 fully saturated rings. The number of aromatic nitrogens is 1. The van der Waals surface area contributed by atoms with E-state index in [2.05, 4.69) is 31.5 Å². The highest BCUT2D eigenvalue weighted by atomic mass is 79.9. The van der Waals surface area contributed by atoms with Crippen LogP contribution in [-0.4, -0.2) is 35.3 Å². The molecule has 7 nitrogen and oxygen atoms in total. The molecule has 0 saturated carbocycles. The zero-order chi connectivity index (χ0) is 22.1. The van der Waals surface area contributed by atoms with E-state index in [1.54, 1.807) is 11.0 Å². The number of H-pyrrole nitrogens is 1. The summed E-state index contributed by atoms with van der Waals surface area (Å²) >= 11 is 3.40. The molecule has 2 atom stereocenters. The van der Waals surface area contributed by atoms with Gasteiger partial charge in [0.2, 0.25) is 0 Å². The summed E-state index contributed by atoms with van der Waals surface area (Å²) in [7, 11) is 0. The molecule has 3 aromatic rings. The molecule has 2 heterocycles. The minimum atomic E-state index is -0.880. The van der Waals surface area contributed by atoms with Crippen LogP contribution in [0.25, 0.3) is 10.9 Å². The van der Waals surface area contributed by atoms with E-state index >= 15 is 0 Å². The first-order valence-corrected chi connectivity index (χ1v) is 11.0. The Kier molecular flexibility index (Phi) is 5.82. The van der Waals surface area contributed by atoms with Gasteiger partial charge in [-0.15, -0.1) is 0 Å². The largest absolute Gasteiger partial charge is 0.361 e. The van der Waals surface area contributed by atoms with E-state index in [1.807, 2.05) is 56.4 Å². The van der Waals surface area contributed by atoms with E-state index in [9.17, 15) is 14.4 Å². The maximum absolute atomic E-state index is 12.8. The van der Waals surface area contributed by atoms with Gasteiger partial charge >= 0.3 is 11.8 Å². The number of likely N-dealkylation sites (N-methyl/N-ethyl adjacent to an activating group) is 1. The molecule has 0 unspecified atom stereocenters. The fourth-order valence-electron chi connectivity index (χ4n) is 4.04. The molecule has 1 aliphatic rings. The minimum absolute atomic E-state index is 0.247. The third-order valence-corrected chi connectivity index (χ3v) is 5.97. The van der Waals surface area contributed by atoms with Crippen LogP contribution in [-0.2, 0) is 20.8 Å². The summed E-state index contributed by atoms with van der Waals surface area (Å²) in [4.78, 5) is 42.7. The van der Waals surface area contributed by atoms with Crippen molar-refractivity contribution in [3.05, 3.63) is 64.3 Å². The smallest absolute Gasteiger partial charge is 0.310 e. The number of halogens is 1. The minimum Gasteiger partial charge on any atom is -0.361 e. The Morgan fingerprint density at radius 2 is 1.97 bits per heavy atom. The summed E-state index contributed by atoms with van der Waals surface area (Å²) in [6.45, 7) is 4.19. The standard InChI is InChI=1S/C23H23BrN4O3/c1-3-28-19-9-8-15(24)11-17(19)20(23(28)31)27-22(30)21(29)26-13(2)10-14-12-25-18-7-5-4-6-16(14)18/h4-9,11-13,20,25H,3,10H2,1-2H3,(H,26,29)(H,27,30)/t13-,20+/m0/s1. The summed E-state index contributed by atoms with van der Waals surface area (Å²) in [5, 5.41) is 6.42. The van der Waals surface area contributed by atoms with Gasteiger partial charge in [0.05, 0.1) is 0 Å². The van der Waals surface area contributed by atoms with Crippen molar-refractivity contribution in [1.82, 2.24) is 15.6 Å². The Labute approximate surface area is 188 Å². The lowest BCUT2D eigenvalue weighted by molar-refractivity contribution is -0.140. The normalized spacial score (nSPS) is 16.3. The zero-order valence-electron chi connectivity index (χ0n) is 17.2. The predicted molar refractivity (Wildman–Crippen MR) is 123 cm³/mol. The van der Waals surface area contributed by atoms with Crippen LogP contribution in [0.3, 0.4) is 0 Å². The molecule has 0 aliphatic carbocycles. The molecule has 4 rings (SSSR count). The third kappa shape index (κ3) is 4.07. The second-order valence-electron chi connectivity index (χ2n) is 7.63. The fraction of sp³-hybridized carbons (Fsp3) is 0.261. The van der Waals surface area contributed by atoms with Crippen LogP contribution in [0.15, 0.2) is 53.1 Å². The Morgan fingerprint density at radius 3 is 2.74 bits per heavy atom. The summed E-state index contributed by atoms with van der Waals surface area (Å²) in [6.07, 6.45) is 2.49. The molecule has 3 amide bonds. The average Bonchev–Trinajstić information content (AvgIpc) is 3.26. The van der Waals surface area contributed by atoms with Crippen LogP contribution < -0.4 is 15.5 Å². The molecular weight excluding hydrogens is 460 g/mol. The van der Waals surface area contributed by atoms with Crippen molar-refractivity contribution in [2.45, 2.75) is 32.4 Å². The number of amides is 3. The number of para-hydroxylation sites is 1. The molecule has 1 aromatic heterocycles. The molecule has 2 aromatic carbocycles. The van der Waals surface area contributed by atoms with E-state index in [-0.39, 0.29) is 11.9 Å². The number of rotatable bonds is 5. The van der Waals surface area contributed by atoms with E-state index in [4.69, 9.17) is 0 Å². The van der Waals surface area contributed by atoms with Gasteiger partial charge < -0.3 is 20.5 Å². The van der Waals surface area contributed by atoms with E-state index in [0.29, 0.717) is 18.5 Å². The Bertz CT molecular complexity index is 1170. The van der Waals surface area contributed by atoms with Crippen LogP contribution in [0.5, 0.6) is 0 Å². The molecule has 160 valence electrons. The Hall–Kier alpha value is -3.13. The Balaban J connectivity index is 1.42. The van der Waals surface area contributed by atoms with Gasteiger partial charge in [-0.1, -0.05) is 34.1 Å². The average molecular weight is 483 g/mol. The van der Waals surface area contributed by atoms with E-state index in [1.165, 1.54) is 0 Å². The van der Waals surface area contributed by atoms with Gasteiger partial charge in [0.15, 0.2) is 0 Å². The second kappa shape index (κ2) is 8.55. The molecule has 31 heavy (non-hydrogen) atoms. The molecule has 1 aliphatic heterocycles. The number of aromatic amines is 1. The van der Waals surface area contributed by atoms with Gasteiger partial charge in [0.25, 0.3) is 5.91 Å². The van der Waals surface area contributed by atoms with Crippen LogP contribution in [0, 0.1) is 0 Å². The molecule has 0 spiro atoms. The quantitative estimate of drug-likeness (QED) is 0.487. The monoisotopic (exact) mass is 482 g/mol. The van der Waals surface area contributed by atoms with Crippen molar-refractivity contribution < 1.29 is 14.4 Å². The van der Waals surface area contributed by atoms with Crippen molar-refractivity contribution in [2.75, 3.05) is 11.4 Å². The first-order valence-electron chi connectivity index (χ1n) is 10.2.